The Morgan fingerprint density at radius 3 is 2.52 bits per heavy atom. The van der Waals surface area contributed by atoms with Gasteiger partial charge in [-0.05, 0) is 31.2 Å². The van der Waals surface area contributed by atoms with E-state index in [1.807, 2.05) is 0 Å². The second-order valence-corrected chi connectivity index (χ2v) is 4.38. The maximum absolute atomic E-state index is 12.0. The number of amides is 1. The Balaban J connectivity index is 2.26. The standard InChI is InChI=1S/C13H16N2O6/c1-3-21-11(16)10-13(18,19)12(17)15(14-10)8-4-6-9(20-2)7-5-8/h4-7,10,14,18-19H,3H2,1-2H3. The maximum Gasteiger partial charge on any atom is 0.331 e. The number of nitrogens with one attached hydrogen (secondary N) is 1. The number of rotatable bonds is 4. The second kappa shape index (κ2) is 5.68. The van der Waals surface area contributed by atoms with Crippen LogP contribution >= 0.6 is 0 Å². The predicted octanol–water partition coefficient (Wildman–Crippen LogP) is -0.841. The lowest BCUT2D eigenvalue weighted by Crippen LogP contribution is -2.51. The van der Waals surface area contributed by atoms with Crippen molar-refractivity contribution in [2.45, 2.75) is 18.8 Å². The van der Waals surface area contributed by atoms with Crippen LogP contribution in [0, 0.1) is 0 Å². The first-order chi connectivity index (χ1) is 9.91. The molecule has 1 aliphatic rings. The number of anilines is 1. The van der Waals surface area contributed by atoms with E-state index < -0.39 is 23.7 Å². The topological polar surface area (TPSA) is 108 Å². The Bertz CT molecular complexity index is 542. The molecule has 0 bridgehead atoms. The minimum absolute atomic E-state index is 0.0593. The Morgan fingerprint density at radius 1 is 1.38 bits per heavy atom. The van der Waals surface area contributed by atoms with Crippen molar-refractivity contribution in [2.24, 2.45) is 0 Å². The molecule has 1 fully saturated rings. The summed E-state index contributed by atoms with van der Waals surface area (Å²) in [5, 5.41) is 20.5. The summed E-state index contributed by atoms with van der Waals surface area (Å²) in [6, 6.07) is 4.67. The molecule has 0 aromatic heterocycles. The number of aliphatic hydroxyl groups is 2. The van der Waals surface area contributed by atoms with E-state index in [1.54, 1.807) is 19.1 Å². The van der Waals surface area contributed by atoms with Crippen molar-refractivity contribution >= 4 is 17.6 Å². The van der Waals surface area contributed by atoms with E-state index in [1.165, 1.54) is 19.2 Å². The molecule has 1 saturated heterocycles. The first-order valence-electron chi connectivity index (χ1n) is 6.28. The third-order valence-corrected chi connectivity index (χ3v) is 3.03. The molecule has 1 aromatic carbocycles. The number of ether oxygens (including phenoxy) is 2. The first kappa shape index (κ1) is 15.2. The Morgan fingerprint density at radius 2 is 2.00 bits per heavy atom. The van der Waals surface area contributed by atoms with Gasteiger partial charge in [-0.1, -0.05) is 0 Å². The van der Waals surface area contributed by atoms with Gasteiger partial charge in [-0.15, -0.1) is 0 Å². The van der Waals surface area contributed by atoms with E-state index in [9.17, 15) is 19.8 Å². The van der Waals surface area contributed by atoms with Gasteiger partial charge in [-0.3, -0.25) is 9.59 Å². The van der Waals surface area contributed by atoms with Gasteiger partial charge in [-0.25, -0.2) is 10.4 Å². The average Bonchev–Trinajstić information content (AvgIpc) is 2.71. The summed E-state index contributed by atoms with van der Waals surface area (Å²) in [4.78, 5) is 23.7. The molecule has 0 radical (unpaired) electrons. The lowest BCUT2D eigenvalue weighted by Gasteiger charge is -2.17. The van der Waals surface area contributed by atoms with E-state index >= 15 is 0 Å². The largest absolute Gasteiger partial charge is 0.497 e. The van der Waals surface area contributed by atoms with E-state index in [-0.39, 0.29) is 6.61 Å². The number of carbonyl (C=O) groups is 2. The number of methoxy groups -OCH3 is 1. The molecule has 8 nitrogen and oxygen atoms in total. The smallest absolute Gasteiger partial charge is 0.331 e. The molecule has 1 aliphatic heterocycles. The third kappa shape index (κ3) is 2.68. The van der Waals surface area contributed by atoms with Gasteiger partial charge in [0.1, 0.15) is 5.75 Å². The second-order valence-electron chi connectivity index (χ2n) is 4.38. The summed E-state index contributed by atoms with van der Waals surface area (Å²) < 4.78 is 9.70. The quantitative estimate of drug-likeness (QED) is 0.491. The molecule has 3 N–H and O–H groups in total. The molecule has 2 rings (SSSR count). The number of esters is 1. The van der Waals surface area contributed by atoms with Crippen molar-refractivity contribution in [3.05, 3.63) is 24.3 Å². The van der Waals surface area contributed by atoms with Crippen LogP contribution in [0.25, 0.3) is 0 Å². The molecule has 114 valence electrons. The summed E-state index contributed by atoms with van der Waals surface area (Å²) in [7, 11) is 1.50. The zero-order valence-corrected chi connectivity index (χ0v) is 11.6. The minimum Gasteiger partial charge on any atom is -0.497 e. The maximum atomic E-state index is 12.0. The van der Waals surface area contributed by atoms with Crippen molar-refractivity contribution in [2.75, 3.05) is 18.7 Å². The summed E-state index contributed by atoms with van der Waals surface area (Å²) in [5.41, 5.74) is 2.77. The van der Waals surface area contributed by atoms with Crippen LogP contribution in [0.1, 0.15) is 6.92 Å². The number of hydrazine groups is 1. The van der Waals surface area contributed by atoms with E-state index in [0.29, 0.717) is 11.4 Å². The normalized spacial score (nSPS) is 20.5. The molecule has 1 aromatic rings. The molecule has 0 aliphatic carbocycles. The van der Waals surface area contributed by atoms with Gasteiger partial charge in [0.25, 0.3) is 5.79 Å². The molecule has 1 unspecified atom stereocenters. The van der Waals surface area contributed by atoms with E-state index in [4.69, 9.17) is 9.47 Å². The van der Waals surface area contributed by atoms with Crippen LogP contribution in [0.2, 0.25) is 0 Å². The van der Waals surface area contributed by atoms with Crippen LogP contribution in [0.3, 0.4) is 0 Å². The van der Waals surface area contributed by atoms with Gasteiger partial charge in [-0.2, -0.15) is 0 Å². The van der Waals surface area contributed by atoms with Crippen LogP contribution in [-0.2, 0) is 14.3 Å². The van der Waals surface area contributed by atoms with Gasteiger partial charge < -0.3 is 19.7 Å². The molecule has 1 atom stereocenters. The fourth-order valence-corrected chi connectivity index (χ4v) is 1.93. The van der Waals surface area contributed by atoms with Crippen LogP contribution in [-0.4, -0.2) is 47.6 Å². The Labute approximate surface area is 120 Å². The SMILES string of the molecule is CCOC(=O)C1NN(c2ccc(OC)cc2)C(=O)C1(O)O. The molecule has 0 spiro atoms. The summed E-state index contributed by atoms with van der Waals surface area (Å²) in [6.07, 6.45) is 0. The van der Waals surface area contributed by atoms with Gasteiger partial charge in [0.15, 0.2) is 6.04 Å². The Hall–Kier alpha value is -2.16. The number of nitrogens with zero attached hydrogens (tertiary/aromatic N) is 1. The molecule has 21 heavy (non-hydrogen) atoms. The van der Waals surface area contributed by atoms with E-state index in [2.05, 4.69) is 5.43 Å². The van der Waals surface area contributed by atoms with Crippen LogP contribution in [0.15, 0.2) is 24.3 Å². The third-order valence-electron chi connectivity index (χ3n) is 3.03. The predicted molar refractivity (Wildman–Crippen MR) is 71.2 cm³/mol. The van der Waals surface area contributed by atoms with Gasteiger partial charge >= 0.3 is 11.9 Å². The van der Waals surface area contributed by atoms with Crippen molar-refractivity contribution in [3.63, 3.8) is 0 Å². The fourth-order valence-electron chi connectivity index (χ4n) is 1.93. The highest BCUT2D eigenvalue weighted by Gasteiger charge is 2.57. The fraction of sp³-hybridized carbons (Fsp3) is 0.385. The van der Waals surface area contributed by atoms with Crippen LogP contribution < -0.4 is 15.2 Å². The van der Waals surface area contributed by atoms with Gasteiger partial charge in [0.05, 0.1) is 19.4 Å². The zero-order valence-electron chi connectivity index (χ0n) is 11.6. The molecule has 8 heteroatoms. The average molecular weight is 296 g/mol. The number of hydrogen-bond acceptors (Lipinski definition) is 7. The first-order valence-corrected chi connectivity index (χ1v) is 6.28. The number of carbonyl (C=O) groups excluding carboxylic acids is 2. The molecular formula is C13H16N2O6. The monoisotopic (exact) mass is 296 g/mol. The highest BCUT2D eigenvalue weighted by atomic mass is 16.6. The molecule has 1 heterocycles. The highest BCUT2D eigenvalue weighted by molar-refractivity contribution is 6.04. The molecule has 0 saturated carbocycles. The van der Waals surface area contributed by atoms with Gasteiger partial charge in [0.2, 0.25) is 0 Å². The zero-order chi connectivity index (χ0) is 15.6. The lowest BCUT2D eigenvalue weighted by molar-refractivity contribution is -0.191. The van der Waals surface area contributed by atoms with Crippen molar-refractivity contribution in [1.82, 2.24) is 5.43 Å². The number of hydrogen-bond donors (Lipinski definition) is 3. The lowest BCUT2D eigenvalue weighted by atomic mass is 10.1. The number of benzene rings is 1. The van der Waals surface area contributed by atoms with Crippen molar-refractivity contribution < 1.29 is 29.3 Å². The van der Waals surface area contributed by atoms with Crippen molar-refractivity contribution in [1.29, 1.82) is 0 Å². The van der Waals surface area contributed by atoms with Crippen LogP contribution in [0.4, 0.5) is 5.69 Å². The molecular weight excluding hydrogens is 280 g/mol. The summed E-state index contributed by atoms with van der Waals surface area (Å²) in [5.74, 6) is -4.28. The molecule has 1 amide bonds. The van der Waals surface area contributed by atoms with Crippen LogP contribution in [0.5, 0.6) is 5.75 Å². The summed E-state index contributed by atoms with van der Waals surface area (Å²) in [6.45, 7) is 1.64. The highest BCUT2D eigenvalue weighted by Crippen LogP contribution is 2.26. The van der Waals surface area contributed by atoms with Gasteiger partial charge in [0, 0.05) is 0 Å². The van der Waals surface area contributed by atoms with E-state index in [0.717, 1.165) is 5.01 Å². The van der Waals surface area contributed by atoms with Crippen molar-refractivity contribution in [3.8, 4) is 5.75 Å². The Kier molecular flexibility index (Phi) is 4.12. The minimum atomic E-state index is -2.87. The summed E-state index contributed by atoms with van der Waals surface area (Å²) >= 11 is 0.